The number of carbonyl (C=O) groups is 1. The normalized spacial score (nSPS) is 15.5. The van der Waals surface area contributed by atoms with Crippen molar-refractivity contribution in [1.29, 1.82) is 0 Å². The molecular weight excluding hydrogens is 409 g/mol. The van der Waals surface area contributed by atoms with E-state index in [-0.39, 0.29) is 27.0 Å². The third-order valence-electron chi connectivity index (χ3n) is 4.40. The second-order valence-corrected chi connectivity index (χ2v) is 8.99. The molecule has 0 bridgehead atoms. The summed E-state index contributed by atoms with van der Waals surface area (Å²) in [5.41, 5.74) is 0.940. The van der Waals surface area contributed by atoms with E-state index in [9.17, 15) is 13.2 Å². The molecule has 1 saturated heterocycles. The number of aromatic nitrogens is 1. The van der Waals surface area contributed by atoms with Crippen LogP contribution in [0.2, 0.25) is 10.0 Å². The maximum atomic E-state index is 12.9. The minimum Gasteiger partial charge on any atom is -0.348 e. The second kappa shape index (κ2) is 8.56. The molecule has 6 nitrogen and oxygen atoms in total. The number of carbonyl (C=O) groups excluding carboxylic acids is 1. The number of amides is 1. The van der Waals surface area contributed by atoms with Gasteiger partial charge >= 0.3 is 0 Å². The van der Waals surface area contributed by atoms with Crippen LogP contribution >= 0.6 is 23.2 Å². The van der Waals surface area contributed by atoms with Crippen molar-refractivity contribution in [2.75, 3.05) is 13.1 Å². The molecule has 0 unspecified atom stereocenters. The molecule has 1 aromatic carbocycles. The van der Waals surface area contributed by atoms with E-state index < -0.39 is 15.9 Å². The van der Waals surface area contributed by atoms with Crippen LogP contribution in [0.4, 0.5) is 0 Å². The minimum atomic E-state index is -3.78. The van der Waals surface area contributed by atoms with E-state index in [2.05, 4.69) is 10.3 Å². The number of piperidine rings is 1. The van der Waals surface area contributed by atoms with Gasteiger partial charge in [0.25, 0.3) is 5.91 Å². The van der Waals surface area contributed by atoms with Gasteiger partial charge in [0.2, 0.25) is 10.0 Å². The van der Waals surface area contributed by atoms with Crippen LogP contribution in [0.3, 0.4) is 0 Å². The summed E-state index contributed by atoms with van der Waals surface area (Å²) in [5, 5.41) is 2.84. The highest BCUT2D eigenvalue weighted by Crippen LogP contribution is 2.31. The van der Waals surface area contributed by atoms with Crippen molar-refractivity contribution in [3.63, 3.8) is 0 Å². The van der Waals surface area contributed by atoms with E-state index >= 15 is 0 Å². The lowest BCUT2D eigenvalue weighted by molar-refractivity contribution is 0.0951. The Kier molecular flexibility index (Phi) is 6.37. The van der Waals surface area contributed by atoms with E-state index in [1.807, 2.05) is 0 Å². The molecule has 2 heterocycles. The Labute approximate surface area is 168 Å². The van der Waals surface area contributed by atoms with Crippen molar-refractivity contribution < 1.29 is 13.2 Å². The van der Waals surface area contributed by atoms with Crippen molar-refractivity contribution in [3.8, 4) is 0 Å². The summed E-state index contributed by atoms with van der Waals surface area (Å²) in [6.07, 6.45) is 5.87. The maximum absolute atomic E-state index is 12.9. The van der Waals surface area contributed by atoms with Gasteiger partial charge in [-0.3, -0.25) is 9.78 Å². The van der Waals surface area contributed by atoms with Gasteiger partial charge in [0.1, 0.15) is 4.90 Å². The van der Waals surface area contributed by atoms with Gasteiger partial charge in [0, 0.05) is 32.0 Å². The molecule has 9 heteroatoms. The Hall–Kier alpha value is -1.67. The van der Waals surface area contributed by atoms with Gasteiger partial charge in [-0.25, -0.2) is 8.42 Å². The van der Waals surface area contributed by atoms with E-state index in [0.717, 1.165) is 24.8 Å². The molecule has 3 rings (SSSR count). The number of halogens is 2. The van der Waals surface area contributed by atoms with Crippen LogP contribution in [-0.4, -0.2) is 36.7 Å². The number of nitrogens with one attached hydrogen (secondary N) is 1. The third-order valence-corrected chi connectivity index (χ3v) is 7.08. The van der Waals surface area contributed by atoms with Gasteiger partial charge in [0.05, 0.1) is 15.6 Å². The molecule has 27 heavy (non-hydrogen) atoms. The molecule has 0 radical (unpaired) electrons. The van der Waals surface area contributed by atoms with Gasteiger partial charge < -0.3 is 5.32 Å². The lowest BCUT2D eigenvalue weighted by atomic mass is 10.2. The Bertz CT molecular complexity index is 930. The van der Waals surface area contributed by atoms with E-state index in [0.29, 0.717) is 13.1 Å². The summed E-state index contributed by atoms with van der Waals surface area (Å²) < 4.78 is 27.3. The molecule has 1 aromatic heterocycles. The molecule has 144 valence electrons. The zero-order valence-corrected chi connectivity index (χ0v) is 16.8. The second-order valence-electron chi connectivity index (χ2n) is 6.27. The van der Waals surface area contributed by atoms with Crippen LogP contribution in [0.5, 0.6) is 0 Å². The fourth-order valence-electron chi connectivity index (χ4n) is 2.92. The van der Waals surface area contributed by atoms with E-state index in [1.165, 1.54) is 16.4 Å². The molecule has 2 aromatic rings. The SMILES string of the molecule is O=C(NCc1ccncc1)c1cc(S(=O)(=O)N2CCCCC2)c(Cl)cc1Cl. The summed E-state index contributed by atoms with van der Waals surface area (Å²) in [4.78, 5) is 16.4. The van der Waals surface area contributed by atoms with Gasteiger partial charge in [-0.05, 0) is 42.7 Å². The van der Waals surface area contributed by atoms with Crippen LogP contribution in [-0.2, 0) is 16.6 Å². The highest BCUT2D eigenvalue weighted by atomic mass is 35.5. The van der Waals surface area contributed by atoms with Crippen molar-refractivity contribution >= 4 is 39.1 Å². The van der Waals surface area contributed by atoms with Crippen LogP contribution in [0.1, 0.15) is 35.2 Å². The highest BCUT2D eigenvalue weighted by Gasteiger charge is 2.29. The first kappa shape index (κ1) is 20.1. The molecule has 1 fully saturated rings. The topological polar surface area (TPSA) is 79.4 Å². The average Bonchev–Trinajstić information content (AvgIpc) is 2.67. The number of benzene rings is 1. The number of hydrogen-bond acceptors (Lipinski definition) is 4. The molecule has 1 aliphatic rings. The van der Waals surface area contributed by atoms with Crippen LogP contribution in [0.15, 0.2) is 41.6 Å². The summed E-state index contributed by atoms with van der Waals surface area (Å²) in [5.74, 6) is -0.469. The molecule has 0 atom stereocenters. The molecule has 0 saturated carbocycles. The van der Waals surface area contributed by atoms with Crippen molar-refractivity contribution in [3.05, 3.63) is 57.8 Å². The van der Waals surface area contributed by atoms with Crippen LogP contribution in [0, 0.1) is 0 Å². The van der Waals surface area contributed by atoms with Gasteiger partial charge in [-0.2, -0.15) is 4.31 Å². The van der Waals surface area contributed by atoms with Crippen LogP contribution < -0.4 is 5.32 Å². The first-order valence-corrected chi connectivity index (χ1v) is 10.8. The summed E-state index contributed by atoms with van der Waals surface area (Å²) in [6.45, 7) is 1.17. The molecule has 0 spiro atoms. The van der Waals surface area contributed by atoms with E-state index in [4.69, 9.17) is 23.2 Å². The smallest absolute Gasteiger partial charge is 0.253 e. The standard InChI is InChI=1S/C18H19Cl2N3O3S/c19-15-11-16(20)17(27(25,26)23-8-2-1-3-9-23)10-14(15)18(24)22-12-13-4-6-21-7-5-13/h4-7,10-11H,1-3,8-9,12H2,(H,22,24). The predicted octanol–water partition coefficient (Wildman–Crippen LogP) is 3.49. The zero-order valence-electron chi connectivity index (χ0n) is 14.5. The summed E-state index contributed by atoms with van der Waals surface area (Å²) in [7, 11) is -3.78. The Balaban J connectivity index is 1.86. The van der Waals surface area contributed by atoms with E-state index in [1.54, 1.807) is 24.5 Å². The van der Waals surface area contributed by atoms with Gasteiger partial charge in [-0.15, -0.1) is 0 Å². The minimum absolute atomic E-state index is 0.0104. The first-order valence-electron chi connectivity index (χ1n) is 8.56. The lowest BCUT2D eigenvalue weighted by Crippen LogP contribution is -2.36. The Morgan fingerprint density at radius 1 is 1.07 bits per heavy atom. The fourth-order valence-corrected chi connectivity index (χ4v) is 5.27. The first-order chi connectivity index (χ1) is 12.9. The molecule has 1 N–H and O–H groups in total. The van der Waals surface area contributed by atoms with Crippen molar-refractivity contribution in [2.24, 2.45) is 0 Å². The van der Waals surface area contributed by atoms with Gasteiger partial charge in [0.15, 0.2) is 0 Å². The summed E-state index contributed by atoms with van der Waals surface area (Å²) in [6, 6.07) is 6.11. The van der Waals surface area contributed by atoms with Crippen LogP contribution in [0.25, 0.3) is 0 Å². The average molecular weight is 428 g/mol. The lowest BCUT2D eigenvalue weighted by Gasteiger charge is -2.26. The molecule has 0 aliphatic carbocycles. The zero-order chi connectivity index (χ0) is 19.4. The monoisotopic (exact) mass is 427 g/mol. The number of rotatable bonds is 5. The number of sulfonamides is 1. The predicted molar refractivity (Wildman–Crippen MR) is 104 cm³/mol. The maximum Gasteiger partial charge on any atom is 0.253 e. The molecule has 1 amide bonds. The Morgan fingerprint density at radius 3 is 2.41 bits per heavy atom. The third kappa shape index (κ3) is 4.60. The quantitative estimate of drug-likeness (QED) is 0.791. The number of nitrogens with zero attached hydrogens (tertiary/aromatic N) is 2. The Morgan fingerprint density at radius 2 is 1.74 bits per heavy atom. The van der Waals surface area contributed by atoms with Crippen molar-refractivity contribution in [2.45, 2.75) is 30.7 Å². The summed E-state index contributed by atoms with van der Waals surface area (Å²) >= 11 is 12.3. The molecule has 1 aliphatic heterocycles. The highest BCUT2D eigenvalue weighted by molar-refractivity contribution is 7.89. The number of pyridine rings is 1. The van der Waals surface area contributed by atoms with Crippen molar-refractivity contribution in [1.82, 2.24) is 14.6 Å². The number of hydrogen-bond donors (Lipinski definition) is 1. The van der Waals surface area contributed by atoms with Gasteiger partial charge in [-0.1, -0.05) is 29.6 Å². The largest absolute Gasteiger partial charge is 0.348 e. The fraction of sp³-hybridized carbons (Fsp3) is 0.333. The molecular formula is C18H19Cl2N3O3S.